The SMILES string of the molecule is COc1ccc(CCCC(=O)Nc2c(C(N)=O)oc3cc(C)ccc23)cc1. The molecule has 2 aromatic carbocycles. The monoisotopic (exact) mass is 366 g/mol. The van der Waals surface area contributed by atoms with Gasteiger partial charge in [-0.3, -0.25) is 9.59 Å². The molecule has 0 radical (unpaired) electrons. The zero-order valence-electron chi connectivity index (χ0n) is 15.4. The number of fused-ring (bicyclic) bond motifs is 1. The van der Waals surface area contributed by atoms with E-state index in [1.165, 1.54) is 0 Å². The van der Waals surface area contributed by atoms with E-state index in [0.29, 0.717) is 29.5 Å². The van der Waals surface area contributed by atoms with Crippen molar-refractivity contribution in [3.63, 3.8) is 0 Å². The Morgan fingerprint density at radius 2 is 1.89 bits per heavy atom. The molecule has 0 aliphatic carbocycles. The molecule has 1 aromatic heterocycles. The van der Waals surface area contributed by atoms with E-state index in [1.807, 2.05) is 43.3 Å². The third-order valence-corrected chi connectivity index (χ3v) is 4.36. The molecule has 3 rings (SSSR count). The van der Waals surface area contributed by atoms with E-state index in [9.17, 15) is 9.59 Å². The normalized spacial score (nSPS) is 10.7. The van der Waals surface area contributed by atoms with Crippen molar-refractivity contribution >= 4 is 28.5 Å². The van der Waals surface area contributed by atoms with Gasteiger partial charge < -0.3 is 20.2 Å². The number of benzene rings is 2. The van der Waals surface area contributed by atoms with Gasteiger partial charge in [-0.15, -0.1) is 0 Å². The number of rotatable bonds is 7. The Bertz CT molecular complexity index is 974. The van der Waals surface area contributed by atoms with Crippen molar-refractivity contribution in [1.82, 2.24) is 0 Å². The Labute approximate surface area is 157 Å². The number of anilines is 1. The number of carbonyl (C=O) groups excluding carboxylic acids is 2. The molecule has 0 saturated carbocycles. The van der Waals surface area contributed by atoms with Gasteiger partial charge in [0.2, 0.25) is 11.7 Å². The third kappa shape index (κ3) is 4.28. The van der Waals surface area contributed by atoms with Gasteiger partial charge in [0.25, 0.3) is 5.91 Å². The predicted molar refractivity (Wildman–Crippen MR) is 104 cm³/mol. The van der Waals surface area contributed by atoms with E-state index in [4.69, 9.17) is 14.9 Å². The summed E-state index contributed by atoms with van der Waals surface area (Å²) in [6.07, 6.45) is 1.77. The molecule has 0 unspecified atom stereocenters. The molecule has 140 valence electrons. The maximum absolute atomic E-state index is 12.4. The number of carbonyl (C=O) groups is 2. The first-order chi connectivity index (χ1) is 13.0. The molecular weight excluding hydrogens is 344 g/mol. The molecule has 0 fully saturated rings. The molecule has 0 saturated heterocycles. The smallest absolute Gasteiger partial charge is 0.286 e. The molecule has 6 heteroatoms. The van der Waals surface area contributed by atoms with Crippen LogP contribution in [0.4, 0.5) is 5.69 Å². The summed E-state index contributed by atoms with van der Waals surface area (Å²) >= 11 is 0. The topological polar surface area (TPSA) is 94.6 Å². The van der Waals surface area contributed by atoms with Crippen LogP contribution in [0.3, 0.4) is 0 Å². The lowest BCUT2D eigenvalue weighted by molar-refractivity contribution is -0.116. The number of nitrogens with two attached hydrogens (primary N) is 1. The average molecular weight is 366 g/mol. The van der Waals surface area contributed by atoms with Crippen molar-refractivity contribution in [3.05, 3.63) is 59.4 Å². The Morgan fingerprint density at radius 3 is 2.56 bits per heavy atom. The Hall–Kier alpha value is -3.28. The molecule has 0 atom stereocenters. The Kier molecular flexibility index (Phi) is 5.45. The van der Waals surface area contributed by atoms with Crippen molar-refractivity contribution in [1.29, 1.82) is 0 Å². The number of hydrogen-bond acceptors (Lipinski definition) is 4. The summed E-state index contributed by atoms with van der Waals surface area (Å²) in [5.41, 5.74) is 8.38. The number of ether oxygens (including phenoxy) is 1. The van der Waals surface area contributed by atoms with E-state index in [-0.39, 0.29) is 11.7 Å². The molecule has 27 heavy (non-hydrogen) atoms. The molecular formula is C21H22N2O4. The van der Waals surface area contributed by atoms with Crippen LogP contribution >= 0.6 is 0 Å². The lowest BCUT2D eigenvalue weighted by Gasteiger charge is -2.06. The van der Waals surface area contributed by atoms with Crippen LogP contribution in [-0.4, -0.2) is 18.9 Å². The first-order valence-corrected chi connectivity index (χ1v) is 8.73. The summed E-state index contributed by atoms with van der Waals surface area (Å²) in [7, 11) is 1.63. The summed E-state index contributed by atoms with van der Waals surface area (Å²) in [4.78, 5) is 24.0. The summed E-state index contributed by atoms with van der Waals surface area (Å²) in [5, 5.41) is 3.45. The highest BCUT2D eigenvalue weighted by Crippen LogP contribution is 2.31. The maximum atomic E-state index is 12.4. The number of hydrogen-bond donors (Lipinski definition) is 2. The highest BCUT2D eigenvalue weighted by molar-refractivity contribution is 6.10. The van der Waals surface area contributed by atoms with E-state index < -0.39 is 5.91 Å². The second-order valence-electron chi connectivity index (χ2n) is 6.42. The molecule has 0 bridgehead atoms. The van der Waals surface area contributed by atoms with E-state index >= 15 is 0 Å². The molecule has 0 spiro atoms. The van der Waals surface area contributed by atoms with Gasteiger partial charge in [-0.1, -0.05) is 18.2 Å². The molecule has 3 N–H and O–H groups in total. The minimum Gasteiger partial charge on any atom is -0.497 e. The minimum atomic E-state index is -0.711. The molecule has 2 amide bonds. The zero-order chi connectivity index (χ0) is 19.4. The van der Waals surface area contributed by atoms with Crippen molar-refractivity contribution in [3.8, 4) is 5.75 Å². The fraction of sp³-hybridized carbons (Fsp3) is 0.238. The van der Waals surface area contributed by atoms with Crippen molar-refractivity contribution in [2.24, 2.45) is 5.73 Å². The molecule has 1 heterocycles. The summed E-state index contributed by atoms with van der Waals surface area (Å²) < 4.78 is 10.7. The van der Waals surface area contributed by atoms with Crippen LogP contribution in [0.1, 0.15) is 34.5 Å². The van der Waals surface area contributed by atoms with Gasteiger partial charge in [-0.05, 0) is 55.2 Å². The quantitative estimate of drug-likeness (QED) is 0.665. The van der Waals surface area contributed by atoms with E-state index in [2.05, 4.69) is 5.32 Å². The zero-order valence-corrected chi connectivity index (χ0v) is 15.4. The fourth-order valence-electron chi connectivity index (χ4n) is 2.95. The van der Waals surface area contributed by atoms with Crippen LogP contribution in [0.15, 0.2) is 46.9 Å². The maximum Gasteiger partial charge on any atom is 0.286 e. The van der Waals surface area contributed by atoms with Gasteiger partial charge in [-0.25, -0.2) is 0 Å². The second-order valence-corrected chi connectivity index (χ2v) is 6.42. The number of furan rings is 1. The van der Waals surface area contributed by atoms with E-state index in [0.717, 1.165) is 23.3 Å². The number of methoxy groups -OCH3 is 1. The number of primary amides is 1. The van der Waals surface area contributed by atoms with Crippen LogP contribution in [0.2, 0.25) is 0 Å². The van der Waals surface area contributed by atoms with Crippen LogP contribution < -0.4 is 15.8 Å². The Balaban J connectivity index is 1.66. The van der Waals surface area contributed by atoms with Gasteiger partial charge in [-0.2, -0.15) is 0 Å². The third-order valence-electron chi connectivity index (χ3n) is 4.36. The van der Waals surface area contributed by atoms with Gasteiger partial charge in [0, 0.05) is 11.8 Å². The largest absolute Gasteiger partial charge is 0.497 e. The lowest BCUT2D eigenvalue weighted by atomic mass is 10.1. The lowest BCUT2D eigenvalue weighted by Crippen LogP contribution is -2.16. The first-order valence-electron chi connectivity index (χ1n) is 8.73. The van der Waals surface area contributed by atoms with Crippen molar-refractivity contribution in [2.45, 2.75) is 26.2 Å². The van der Waals surface area contributed by atoms with Gasteiger partial charge >= 0.3 is 0 Å². The van der Waals surface area contributed by atoms with Crippen molar-refractivity contribution < 1.29 is 18.7 Å². The summed E-state index contributed by atoms with van der Waals surface area (Å²) in [6, 6.07) is 13.3. The van der Waals surface area contributed by atoms with Crippen LogP contribution in [-0.2, 0) is 11.2 Å². The molecule has 3 aromatic rings. The highest BCUT2D eigenvalue weighted by Gasteiger charge is 2.20. The van der Waals surface area contributed by atoms with Crippen LogP contribution in [0.5, 0.6) is 5.75 Å². The second kappa shape index (κ2) is 7.95. The van der Waals surface area contributed by atoms with Gasteiger partial charge in [0.15, 0.2) is 0 Å². The van der Waals surface area contributed by atoms with Crippen LogP contribution in [0, 0.1) is 6.92 Å². The molecule has 0 aliphatic rings. The van der Waals surface area contributed by atoms with Crippen molar-refractivity contribution in [2.75, 3.05) is 12.4 Å². The first kappa shape index (κ1) is 18.5. The van der Waals surface area contributed by atoms with Gasteiger partial charge in [0.1, 0.15) is 17.0 Å². The standard InChI is InChI=1S/C21H22N2O4/c1-13-6-11-16-17(12-13)27-20(21(22)25)19(16)23-18(24)5-3-4-14-7-9-15(26-2)10-8-14/h6-12H,3-5H2,1-2H3,(H2,22,25)(H,23,24). The Morgan fingerprint density at radius 1 is 1.15 bits per heavy atom. The minimum absolute atomic E-state index is 0.0286. The molecule has 6 nitrogen and oxygen atoms in total. The predicted octanol–water partition coefficient (Wildman–Crippen LogP) is 3.81. The summed E-state index contributed by atoms with van der Waals surface area (Å²) in [6.45, 7) is 1.92. The number of nitrogens with one attached hydrogen (secondary N) is 1. The molecule has 0 aliphatic heterocycles. The highest BCUT2D eigenvalue weighted by atomic mass is 16.5. The summed E-state index contributed by atoms with van der Waals surface area (Å²) in [5.74, 6) is -0.122. The number of aryl methyl sites for hydroxylation is 2. The van der Waals surface area contributed by atoms with E-state index in [1.54, 1.807) is 13.2 Å². The van der Waals surface area contributed by atoms with Gasteiger partial charge in [0.05, 0.1) is 7.11 Å². The fourth-order valence-corrected chi connectivity index (χ4v) is 2.95. The average Bonchev–Trinajstić information content (AvgIpc) is 3.00. The van der Waals surface area contributed by atoms with Crippen LogP contribution in [0.25, 0.3) is 11.0 Å². The number of amides is 2.